The SMILES string of the molecule is [CH2][C@H]1CO[C@H](CCc2c(F)cccc2NC(=O)CC(c2ccccc2)c2ccc(Cl)cc2)CN1. The maximum atomic E-state index is 14.7. The average Bonchev–Trinajstić information content (AvgIpc) is 2.84. The Bertz CT molecular complexity index is 1080. The molecule has 1 unspecified atom stereocenters. The molecule has 4 rings (SSSR count). The second-order valence-electron chi connectivity index (χ2n) is 8.63. The van der Waals surface area contributed by atoms with Crippen molar-refractivity contribution in [1.29, 1.82) is 0 Å². The van der Waals surface area contributed by atoms with Crippen LogP contribution in [0.4, 0.5) is 10.1 Å². The number of rotatable bonds is 8. The van der Waals surface area contributed by atoms with E-state index in [1.54, 1.807) is 12.1 Å². The first-order chi connectivity index (χ1) is 16.5. The normalized spacial score (nSPS) is 18.9. The van der Waals surface area contributed by atoms with Crippen molar-refractivity contribution in [2.75, 3.05) is 18.5 Å². The minimum Gasteiger partial charge on any atom is -0.375 e. The van der Waals surface area contributed by atoms with Gasteiger partial charge in [-0.15, -0.1) is 0 Å². The number of carbonyl (C=O) groups excluding carboxylic acids is 1. The van der Waals surface area contributed by atoms with Crippen molar-refractivity contribution >= 4 is 23.2 Å². The zero-order valence-electron chi connectivity index (χ0n) is 19.0. The van der Waals surface area contributed by atoms with E-state index in [1.807, 2.05) is 54.6 Å². The molecule has 1 fully saturated rings. The summed E-state index contributed by atoms with van der Waals surface area (Å²) in [6, 6.07) is 22.3. The van der Waals surface area contributed by atoms with Crippen LogP contribution in [0.1, 0.15) is 35.4 Å². The van der Waals surface area contributed by atoms with Crippen molar-refractivity contribution in [2.24, 2.45) is 0 Å². The molecule has 1 aliphatic heterocycles. The molecule has 34 heavy (non-hydrogen) atoms. The van der Waals surface area contributed by atoms with Crippen molar-refractivity contribution < 1.29 is 13.9 Å². The molecule has 4 nitrogen and oxygen atoms in total. The van der Waals surface area contributed by atoms with E-state index in [0.717, 1.165) is 11.1 Å². The molecule has 1 saturated heterocycles. The molecule has 1 amide bonds. The van der Waals surface area contributed by atoms with Gasteiger partial charge in [0.2, 0.25) is 5.91 Å². The number of hydrogen-bond donors (Lipinski definition) is 2. The minimum atomic E-state index is -0.325. The van der Waals surface area contributed by atoms with Crippen LogP contribution in [0.25, 0.3) is 0 Å². The van der Waals surface area contributed by atoms with E-state index in [0.29, 0.717) is 42.3 Å². The van der Waals surface area contributed by atoms with Crippen molar-refractivity contribution in [3.63, 3.8) is 0 Å². The van der Waals surface area contributed by atoms with Gasteiger partial charge in [-0.1, -0.05) is 60.1 Å². The van der Waals surface area contributed by atoms with E-state index in [4.69, 9.17) is 16.3 Å². The average molecular weight is 480 g/mol. The molecule has 0 aromatic heterocycles. The third-order valence-corrected chi connectivity index (χ3v) is 6.39. The molecule has 0 spiro atoms. The molecule has 177 valence electrons. The summed E-state index contributed by atoms with van der Waals surface area (Å²) >= 11 is 6.07. The summed E-state index contributed by atoms with van der Waals surface area (Å²) in [5.74, 6) is -0.646. The molecule has 6 heteroatoms. The first kappa shape index (κ1) is 24.4. The summed E-state index contributed by atoms with van der Waals surface area (Å²) in [6.45, 7) is 5.16. The Morgan fingerprint density at radius 1 is 1.09 bits per heavy atom. The second kappa shape index (κ2) is 11.6. The van der Waals surface area contributed by atoms with Gasteiger partial charge in [0, 0.05) is 41.2 Å². The summed E-state index contributed by atoms with van der Waals surface area (Å²) < 4.78 is 20.5. The molecule has 3 aromatic rings. The summed E-state index contributed by atoms with van der Waals surface area (Å²) in [4.78, 5) is 13.1. The molecule has 0 bridgehead atoms. The molecule has 1 heterocycles. The van der Waals surface area contributed by atoms with Crippen molar-refractivity contribution in [3.05, 3.63) is 107 Å². The van der Waals surface area contributed by atoms with Crippen molar-refractivity contribution in [2.45, 2.75) is 37.3 Å². The van der Waals surface area contributed by atoms with Crippen LogP contribution in [-0.4, -0.2) is 31.2 Å². The van der Waals surface area contributed by atoms with Crippen LogP contribution >= 0.6 is 11.6 Å². The maximum Gasteiger partial charge on any atom is 0.225 e. The lowest BCUT2D eigenvalue weighted by Gasteiger charge is -2.28. The van der Waals surface area contributed by atoms with Gasteiger partial charge in [-0.05, 0) is 55.2 Å². The fraction of sp³-hybridized carbons (Fsp3) is 0.286. The van der Waals surface area contributed by atoms with Crippen molar-refractivity contribution in [3.8, 4) is 0 Å². The summed E-state index contributed by atoms with van der Waals surface area (Å²) in [5, 5.41) is 6.88. The standard InChI is InChI=1S/C28H29ClFN2O2/c1-19-18-34-23(17-31-19)14-15-24-26(30)8-5-9-27(24)32-28(33)16-25(20-6-3-2-4-7-20)21-10-12-22(29)13-11-21/h2-13,19,23,25,31H,1,14-18H2,(H,32,33)/t19-,23+,25?/m0/s1. The van der Waals surface area contributed by atoms with Gasteiger partial charge in [0.25, 0.3) is 0 Å². The summed E-state index contributed by atoms with van der Waals surface area (Å²) in [7, 11) is 0. The number of morpholine rings is 1. The number of anilines is 1. The summed E-state index contributed by atoms with van der Waals surface area (Å²) in [6.07, 6.45) is 1.34. The topological polar surface area (TPSA) is 50.4 Å². The Hall–Kier alpha value is -2.73. The molecule has 1 radical (unpaired) electrons. The van der Waals surface area contributed by atoms with E-state index in [-0.39, 0.29) is 36.2 Å². The first-order valence-corrected chi connectivity index (χ1v) is 11.9. The van der Waals surface area contributed by atoms with Crippen LogP contribution < -0.4 is 10.6 Å². The van der Waals surface area contributed by atoms with Gasteiger partial charge >= 0.3 is 0 Å². The highest BCUT2D eigenvalue weighted by Gasteiger charge is 2.22. The fourth-order valence-electron chi connectivity index (χ4n) is 4.28. The molecule has 0 aliphatic carbocycles. The Labute approximate surface area is 205 Å². The van der Waals surface area contributed by atoms with Gasteiger partial charge in [0.05, 0.1) is 12.7 Å². The number of carbonyl (C=O) groups is 1. The predicted octanol–water partition coefficient (Wildman–Crippen LogP) is 5.76. The van der Waals surface area contributed by atoms with Crippen LogP contribution in [0, 0.1) is 12.7 Å². The zero-order valence-corrected chi connectivity index (χ0v) is 19.7. The van der Waals surface area contributed by atoms with Crippen LogP contribution in [0.2, 0.25) is 5.02 Å². The number of benzene rings is 3. The highest BCUT2D eigenvalue weighted by molar-refractivity contribution is 6.30. The van der Waals surface area contributed by atoms with Gasteiger partial charge in [-0.25, -0.2) is 4.39 Å². The Kier molecular flexibility index (Phi) is 8.33. The van der Waals surface area contributed by atoms with Gasteiger partial charge in [-0.2, -0.15) is 0 Å². The van der Waals surface area contributed by atoms with E-state index in [9.17, 15) is 9.18 Å². The minimum absolute atomic E-state index is 0.00600. The van der Waals surface area contributed by atoms with Crippen LogP contribution in [0.15, 0.2) is 72.8 Å². The van der Waals surface area contributed by atoms with Crippen molar-refractivity contribution in [1.82, 2.24) is 5.32 Å². The molecule has 3 aromatic carbocycles. The number of nitrogens with one attached hydrogen (secondary N) is 2. The maximum absolute atomic E-state index is 14.7. The number of amides is 1. The fourth-order valence-corrected chi connectivity index (χ4v) is 4.41. The van der Waals surface area contributed by atoms with Gasteiger partial charge in [-0.3, -0.25) is 4.79 Å². The zero-order chi connectivity index (χ0) is 23.9. The molecule has 1 aliphatic rings. The number of hydrogen-bond acceptors (Lipinski definition) is 3. The number of ether oxygens (including phenoxy) is 1. The lowest BCUT2D eigenvalue weighted by Crippen LogP contribution is -2.45. The molecule has 2 N–H and O–H groups in total. The Morgan fingerprint density at radius 3 is 2.53 bits per heavy atom. The molecular weight excluding hydrogens is 451 g/mol. The van der Waals surface area contributed by atoms with E-state index < -0.39 is 0 Å². The second-order valence-corrected chi connectivity index (χ2v) is 9.07. The van der Waals surface area contributed by atoms with E-state index in [2.05, 4.69) is 17.6 Å². The van der Waals surface area contributed by atoms with Crippen LogP contribution in [0.5, 0.6) is 0 Å². The number of halogens is 2. The van der Waals surface area contributed by atoms with Gasteiger partial charge in [0.1, 0.15) is 5.82 Å². The molecule has 0 saturated carbocycles. The quantitative estimate of drug-likeness (QED) is 0.431. The largest absolute Gasteiger partial charge is 0.375 e. The lowest BCUT2D eigenvalue weighted by atomic mass is 9.88. The monoisotopic (exact) mass is 479 g/mol. The molecular formula is C28H29ClFN2O2. The van der Waals surface area contributed by atoms with Crippen LogP contribution in [0.3, 0.4) is 0 Å². The third-order valence-electron chi connectivity index (χ3n) is 6.14. The van der Waals surface area contributed by atoms with Crippen LogP contribution in [-0.2, 0) is 16.0 Å². The highest BCUT2D eigenvalue weighted by Crippen LogP contribution is 2.30. The smallest absolute Gasteiger partial charge is 0.225 e. The summed E-state index contributed by atoms with van der Waals surface area (Å²) in [5.41, 5.74) is 3.03. The first-order valence-electron chi connectivity index (χ1n) is 11.6. The Morgan fingerprint density at radius 2 is 1.82 bits per heavy atom. The van der Waals surface area contributed by atoms with E-state index >= 15 is 0 Å². The molecule has 3 atom stereocenters. The third kappa shape index (κ3) is 6.44. The van der Waals surface area contributed by atoms with E-state index in [1.165, 1.54) is 6.07 Å². The Balaban J connectivity index is 1.47. The highest BCUT2D eigenvalue weighted by atomic mass is 35.5. The van der Waals surface area contributed by atoms with Gasteiger partial charge < -0.3 is 15.4 Å². The van der Waals surface area contributed by atoms with Gasteiger partial charge in [0.15, 0.2) is 0 Å². The lowest BCUT2D eigenvalue weighted by molar-refractivity contribution is -0.116. The predicted molar refractivity (Wildman–Crippen MR) is 135 cm³/mol.